The van der Waals surface area contributed by atoms with Crippen molar-refractivity contribution in [2.75, 3.05) is 44.0 Å². The minimum absolute atomic E-state index is 0.0757. The van der Waals surface area contributed by atoms with Crippen molar-refractivity contribution in [3.8, 4) is 11.8 Å². The number of halogens is 1. The van der Waals surface area contributed by atoms with E-state index < -0.39 is 19.7 Å². The molecule has 0 radical (unpaired) electrons. The first-order valence-corrected chi connectivity index (χ1v) is 15.6. The predicted octanol–water partition coefficient (Wildman–Crippen LogP) is 3.61. The Morgan fingerprint density at radius 3 is 2.46 bits per heavy atom. The first-order valence-electron chi connectivity index (χ1n) is 11.5. The highest BCUT2D eigenvalue weighted by molar-refractivity contribution is 7.92. The van der Waals surface area contributed by atoms with E-state index in [2.05, 4.69) is 17.9 Å². The maximum atomic E-state index is 12.4. The smallest absolute Gasteiger partial charge is 0.178 e. The molecule has 1 heterocycles. The summed E-state index contributed by atoms with van der Waals surface area (Å²) in [5.41, 5.74) is 1.62. The molecular weight excluding hydrogens is 508 g/mol. The minimum atomic E-state index is -3.54. The van der Waals surface area contributed by atoms with Crippen LogP contribution in [0, 0.1) is 23.2 Å². The second-order valence-corrected chi connectivity index (χ2v) is 14.1. The number of benzene rings is 2. The number of rotatable bonds is 11. The van der Waals surface area contributed by atoms with E-state index >= 15 is 0 Å². The lowest BCUT2D eigenvalue weighted by molar-refractivity contribution is 0.225. The fourth-order valence-corrected chi connectivity index (χ4v) is 6.68. The molecule has 1 fully saturated rings. The van der Waals surface area contributed by atoms with Gasteiger partial charge in [-0.1, -0.05) is 18.5 Å². The van der Waals surface area contributed by atoms with Crippen LogP contribution in [0.25, 0.3) is 0 Å². The molecule has 1 unspecified atom stereocenters. The quantitative estimate of drug-likeness (QED) is 0.430. The summed E-state index contributed by atoms with van der Waals surface area (Å²) in [7, 11) is -6.72. The van der Waals surface area contributed by atoms with Crippen LogP contribution in [0.4, 0.5) is 0 Å². The van der Waals surface area contributed by atoms with Gasteiger partial charge in [-0.25, -0.2) is 16.8 Å². The zero-order chi connectivity index (χ0) is 25.6. The van der Waals surface area contributed by atoms with Crippen molar-refractivity contribution in [1.82, 2.24) is 4.90 Å². The Bertz CT molecular complexity index is 1270. The number of sulfone groups is 2. The third kappa shape index (κ3) is 8.50. The molecule has 190 valence electrons. The molecule has 0 spiro atoms. The van der Waals surface area contributed by atoms with Gasteiger partial charge in [-0.3, -0.25) is 0 Å². The van der Waals surface area contributed by atoms with Crippen molar-refractivity contribution in [3.05, 3.63) is 58.6 Å². The number of hydrogen-bond acceptors (Lipinski definition) is 7. The molecule has 3 rings (SSSR count). The molecule has 1 aliphatic heterocycles. The second-order valence-electron chi connectivity index (χ2n) is 9.29. The van der Waals surface area contributed by atoms with Crippen molar-refractivity contribution in [1.29, 1.82) is 5.26 Å². The van der Waals surface area contributed by atoms with Crippen molar-refractivity contribution in [3.63, 3.8) is 0 Å². The van der Waals surface area contributed by atoms with E-state index in [9.17, 15) is 16.8 Å². The fraction of sp³-hybridized carbons (Fsp3) is 0.480. The number of ether oxygens (including phenoxy) is 1. The van der Waals surface area contributed by atoms with Crippen LogP contribution in [0.3, 0.4) is 0 Å². The van der Waals surface area contributed by atoms with E-state index in [1.165, 1.54) is 12.1 Å². The van der Waals surface area contributed by atoms with Crippen molar-refractivity contribution in [2.45, 2.75) is 24.7 Å². The average Bonchev–Trinajstić information content (AvgIpc) is 3.14. The Morgan fingerprint density at radius 1 is 1.09 bits per heavy atom. The molecule has 0 aliphatic carbocycles. The zero-order valence-electron chi connectivity index (χ0n) is 20.0. The maximum absolute atomic E-state index is 12.4. The lowest BCUT2D eigenvalue weighted by Gasteiger charge is -2.17. The lowest BCUT2D eigenvalue weighted by atomic mass is 9.99. The van der Waals surface area contributed by atoms with Gasteiger partial charge in [0.1, 0.15) is 15.6 Å². The molecular formula is C25H31ClN2O5S2. The number of hydrogen-bond donors (Lipinski definition) is 0. The molecule has 0 N–H and O–H groups in total. The summed E-state index contributed by atoms with van der Waals surface area (Å²) in [5.74, 6) is 1.06. The Labute approximate surface area is 213 Å². The van der Waals surface area contributed by atoms with Gasteiger partial charge in [0.05, 0.1) is 34.6 Å². The van der Waals surface area contributed by atoms with Crippen LogP contribution in [0.1, 0.15) is 24.5 Å². The first kappa shape index (κ1) is 27.5. The third-order valence-electron chi connectivity index (χ3n) is 6.22. The minimum Gasteiger partial charge on any atom is -0.493 e. The number of likely N-dealkylation sites (tertiary alicyclic amines) is 1. The number of nitriles is 1. The van der Waals surface area contributed by atoms with E-state index in [0.29, 0.717) is 34.8 Å². The third-order valence-corrected chi connectivity index (χ3v) is 9.29. The van der Waals surface area contributed by atoms with Gasteiger partial charge >= 0.3 is 0 Å². The second kappa shape index (κ2) is 11.7. The van der Waals surface area contributed by atoms with Crippen molar-refractivity contribution < 1.29 is 21.6 Å². The standard InChI is InChI=1S/C25H31ClN2O5S2/c1-19-16-28(9-8-20-12-21(15-27)14-23(26)13-20)17-22(19)18-33-24-4-6-25(7-5-24)35(31,32)11-3-10-34(2,29)30/h4-7,12-14,19,22H,3,8-11,16-18H2,1-2H3/t19-,22?/m1/s1. The summed E-state index contributed by atoms with van der Waals surface area (Å²) in [6.07, 6.45) is 1.99. The largest absolute Gasteiger partial charge is 0.493 e. The van der Waals surface area contributed by atoms with E-state index in [0.717, 1.165) is 37.9 Å². The van der Waals surface area contributed by atoms with Crippen LogP contribution in [-0.4, -0.2) is 65.7 Å². The molecule has 10 heteroatoms. The van der Waals surface area contributed by atoms with Gasteiger partial charge in [0.2, 0.25) is 0 Å². The molecule has 0 bridgehead atoms. The molecule has 35 heavy (non-hydrogen) atoms. The van der Waals surface area contributed by atoms with Gasteiger partial charge in [-0.2, -0.15) is 5.26 Å². The van der Waals surface area contributed by atoms with Gasteiger partial charge in [-0.15, -0.1) is 0 Å². The molecule has 1 aliphatic rings. The Hall–Kier alpha value is -2.12. The highest BCUT2D eigenvalue weighted by atomic mass is 35.5. The molecule has 7 nitrogen and oxygen atoms in total. The van der Waals surface area contributed by atoms with Crippen LogP contribution < -0.4 is 4.74 Å². The van der Waals surface area contributed by atoms with Crippen LogP contribution >= 0.6 is 11.6 Å². The zero-order valence-corrected chi connectivity index (χ0v) is 22.4. The van der Waals surface area contributed by atoms with Gasteiger partial charge in [-0.05, 0) is 66.8 Å². The fourth-order valence-electron chi connectivity index (χ4n) is 4.26. The Morgan fingerprint density at radius 2 is 1.80 bits per heavy atom. The van der Waals surface area contributed by atoms with E-state index in [1.54, 1.807) is 18.2 Å². The summed E-state index contributed by atoms with van der Waals surface area (Å²) >= 11 is 6.11. The van der Waals surface area contributed by atoms with Crippen molar-refractivity contribution in [2.24, 2.45) is 11.8 Å². The molecule has 0 saturated carbocycles. The van der Waals surface area contributed by atoms with E-state index in [-0.39, 0.29) is 22.8 Å². The van der Waals surface area contributed by atoms with Gasteiger partial charge < -0.3 is 9.64 Å². The summed E-state index contributed by atoms with van der Waals surface area (Å²) in [6.45, 7) is 5.48. The summed E-state index contributed by atoms with van der Waals surface area (Å²) in [4.78, 5) is 2.55. The van der Waals surface area contributed by atoms with Gasteiger partial charge in [0, 0.05) is 36.8 Å². The topological polar surface area (TPSA) is 105 Å². The van der Waals surface area contributed by atoms with Crippen molar-refractivity contribution >= 4 is 31.3 Å². The molecule has 0 aromatic heterocycles. The van der Waals surface area contributed by atoms with Crippen LogP contribution in [-0.2, 0) is 26.1 Å². The SMILES string of the molecule is C[C@@H]1CN(CCc2cc(Cl)cc(C#N)c2)CC1COc1ccc(S(=O)(=O)CCCS(C)(=O)=O)cc1. The highest BCUT2D eigenvalue weighted by Crippen LogP contribution is 2.26. The average molecular weight is 539 g/mol. The van der Waals surface area contributed by atoms with E-state index in [4.69, 9.17) is 21.6 Å². The molecule has 1 saturated heterocycles. The highest BCUT2D eigenvalue weighted by Gasteiger charge is 2.29. The molecule has 2 aromatic rings. The molecule has 0 amide bonds. The molecule has 2 aromatic carbocycles. The summed E-state index contributed by atoms with van der Waals surface area (Å²) in [6, 6.07) is 13.9. The summed E-state index contributed by atoms with van der Waals surface area (Å²) < 4.78 is 53.3. The monoisotopic (exact) mass is 538 g/mol. The number of nitrogens with zero attached hydrogens (tertiary/aromatic N) is 2. The normalized spacial score (nSPS) is 18.9. The van der Waals surface area contributed by atoms with Crippen LogP contribution in [0.5, 0.6) is 5.75 Å². The predicted molar refractivity (Wildman–Crippen MR) is 137 cm³/mol. The first-order chi connectivity index (χ1) is 16.4. The van der Waals surface area contributed by atoms with Gasteiger partial charge in [0.15, 0.2) is 9.84 Å². The molecule has 2 atom stereocenters. The Kier molecular flexibility index (Phi) is 9.22. The summed E-state index contributed by atoms with van der Waals surface area (Å²) in [5, 5.41) is 9.70. The van der Waals surface area contributed by atoms with Gasteiger partial charge in [0.25, 0.3) is 0 Å². The lowest BCUT2D eigenvalue weighted by Crippen LogP contribution is -2.24. The maximum Gasteiger partial charge on any atom is 0.178 e. The van der Waals surface area contributed by atoms with Crippen LogP contribution in [0.2, 0.25) is 5.02 Å². The van der Waals surface area contributed by atoms with E-state index in [1.807, 2.05) is 12.1 Å². The Balaban J connectivity index is 1.48. The van der Waals surface area contributed by atoms with Crippen LogP contribution in [0.15, 0.2) is 47.4 Å².